The number of piperidine rings is 1. The second-order valence-electron chi connectivity index (χ2n) is 6.38. The maximum atomic E-state index is 14.0. The molecule has 0 unspecified atom stereocenters. The van der Waals surface area contributed by atoms with Gasteiger partial charge < -0.3 is 5.32 Å². The first-order valence-corrected chi connectivity index (χ1v) is 9.50. The largest absolute Gasteiger partial charge is 0.314 e. The van der Waals surface area contributed by atoms with Gasteiger partial charge in [-0.1, -0.05) is 6.07 Å². The van der Waals surface area contributed by atoms with Crippen LogP contribution in [-0.4, -0.2) is 43.3 Å². The van der Waals surface area contributed by atoms with E-state index in [1.807, 2.05) is 0 Å². The quantitative estimate of drug-likeness (QED) is 0.591. The summed E-state index contributed by atoms with van der Waals surface area (Å²) in [5.41, 5.74) is -0.719. The summed E-state index contributed by atoms with van der Waals surface area (Å²) in [4.78, 5) is 9.36. The summed E-state index contributed by atoms with van der Waals surface area (Å²) < 4.78 is 40.5. The van der Waals surface area contributed by atoms with E-state index in [1.54, 1.807) is 0 Å². The summed E-state index contributed by atoms with van der Waals surface area (Å²) in [5.74, 6) is -0.342. The van der Waals surface area contributed by atoms with Crippen LogP contribution in [0.4, 0.5) is 10.1 Å². The summed E-state index contributed by atoms with van der Waals surface area (Å²) >= 11 is 0. The van der Waals surface area contributed by atoms with Crippen molar-refractivity contribution in [1.82, 2.24) is 9.62 Å². The third kappa shape index (κ3) is 4.46. The number of rotatable bonds is 6. The van der Waals surface area contributed by atoms with E-state index in [4.69, 9.17) is 0 Å². The molecule has 0 spiro atoms. The highest BCUT2D eigenvalue weighted by Crippen LogP contribution is 2.31. The Morgan fingerprint density at radius 2 is 1.88 bits per heavy atom. The minimum atomic E-state index is -4.22. The van der Waals surface area contributed by atoms with Gasteiger partial charge in [-0.15, -0.1) is 12.4 Å². The lowest BCUT2D eigenvalue weighted by molar-refractivity contribution is -0.388. The van der Waals surface area contributed by atoms with Crippen LogP contribution in [0.1, 0.15) is 25.7 Å². The number of hydrogen-bond acceptors (Lipinski definition) is 5. The molecule has 1 aliphatic heterocycles. The summed E-state index contributed by atoms with van der Waals surface area (Å²) in [7, 11) is -4.22. The first-order valence-electron chi connectivity index (χ1n) is 8.06. The van der Waals surface area contributed by atoms with Crippen LogP contribution in [0.25, 0.3) is 0 Å². The number of nitrogens with zero attached hydrogens (tertiary/aromatic N) is 2. The molecular weight excluding hydrogens is 373 g/mol. The number of nitro groups is 1. The standard InChI is InChI=1S/C15H20FN3O4S.ClH/c16-13-2-1-3-14(19(20)21)15(13)24(22,23)18-8-6-12(7-9-18)17-10-11-4-5-11;/h1-3,11-12,17H,4-10H2;1H. The second kappa shape index (κ2) is 7.94. The van der Waals surface area contributed by atoms with Crippen molar-refractivity contribution < 1.29 is 17.7 Å². The van der Waals surface area contributed by atoms with Crippen molar-refractivity contribution in [2.45, 2.75) is 36.6 Å². The van der Waals surface area contributed by atoms with Crippen LogP contribution in [0.5, 0.6) is 0 Å². The van der Waals surface area contributed by atoms with Gasteiger partial charge in [0.1, 0.15) is 5.82 Å². The SMILES string of the molecule is Cl.O=[N+]([O-])c1cccc(F)c1S(=O)(=O)N1CCC(NCC2CC2)CC1. The molecule has 140 valence electrons. The average molecular weight is 394 g/mol. The van der Waals surface area contributed by atoms with Gasteiger partial charge in [-0.25, -0.2) is 12.8 Å². The molecule has 10 heteroatoms. The first-order chi connectivity index (χ1) is 11.4. The van der Waals surface area contributed by atoms with Gasteiger partial charge in [-0.2, -0.15) is 4.31 Å². The van der Waals surface area contributed by atoms with Crippen molar-refractivity contribution in [3.05, 3.63) is 34.1 Å². The Kier molecular flexibility index (Phi) is 6.36. The predicted octanol–water partition coefficient (Wildman–Crippen LogP) is 2.31. The summed E-state index contributed by atoms with van der Waals surface area (Å²) in [6.07, 6.45) is 3.73. The molecule has 2 aliphatic rings. The van der Waals surface area contributed by atoms with Crippen molar-refractivity contribution in [3.8, 4) is 0 Å². The maximum Gasteiger partial charge on any atom is 0.292 e. The van der Waals surface area contributed by atoms with E-state index in [0.29, 0.717) is 12.8 Å². The van der Waals surface area contributed by atoms with Gasteiger partial charge in [-0.3, -0.25) is 10.1 Å². The second-order valence-corrected chi connectivity index (χ2v) is 8.25. The molecule has 1 aromatic carbocycles. The normalized spacial score (nSPS) is 19.4. The van der Waals surface area contributed by atoms with Gasteiger partial charge in [0.25, 0.3) is 15.7 Å². The predicted molar refractivity (Wildman–Crippen MR) is 92.8 cm³/mol. The third-order valence-electron chi connectivity index (χ3n) is 4.59. The monoisotopic (exact) mass is 393 g/mol. The van der Waals surface area contributed by atoms with Crippen LogP contribution in [0, 0.1) is 21.8 Å². The lowest BCUT2D eigenvalue weighted by atomic mass is 10.1. The summed E-state index contributed by atoms with van der Waals surface area (Å²) in [5, 5.41) is 14.5. The lowest BCUT2D eigenvalue weighted by Crippen LogP contribution is -2.45. The lowest BCUT2D eigenvalue weighted by Gasteiger charge is -2.31. The van der Waals surface area contributed by atoms with Crippen molar-refractivity contribution in [2.75, 3.05) is 19.6 Å². The van der Waals surface area contributed by atoms with Crippen LogP contribution in [-0.2, 0) is 10.0 Å². The Balaban J connectivity index is 0.00000225. The van der Waals surface area contributed by atoms with Gasteiger partial charge in [-0.05, 0) is 44.2 Å². The van der Waals surface area contributed by atoms with Crippen LogP contribution < -0.4 is 5.32 Å². The zero-order chi connectivity index (χ0) is 17.3. The minimum Gasteiger partial charge on any atom is -0.314 e. The van der Waals surface area contributed by atoms with Gasteiger partial charge >= 0.3 is 0 Å². The Morgan fingerprint density at radius 3 is 2.44 bits per heavy atom. The fourth-order valence-electron chi connectivity index (χ4n) is 2.98. The van der Waals surface area contributed by atoms with E-state index in [0.717, 1.165) is 35.0 Å². The molecule has 7 nitrogen and oxygen atoms in total. The van der Waals surface area contributed by atoms with E-state index in [2.05, 4.69) is 5.32 Å². The zero-order valence-electron chi connectivity index (χ0n) is 13.6. The number of nitro benzene ring substituents is 1. The molecule has 1 heterocycles. The van der Waals surface area contributed by atoms with E-state index < -0.39 is 31.3 Å². The van der Waals surface area contributed by atoms with Gasteiger partial charge in [0.15, 0.2) is 4.90 Å². The highest BCUT2D eigenvalue weighted by atomic mass is 35.5. The van der Waals surface area contributed by atoms with Crippen molar-refractivity contribution in [2.24, 2.45) is 5.92 Å². The van der Waals surface area contributed by atoms with E-state index in [1.165, 1.54) is 12.8 Å². The molecule has 2 fully saturated rings. The maximum absolute atomic E-state index is 14.0. The van der Waals surface area contributed by atoms with Crippen molar-refractivity contribution in [3.63, 3.8) is 0 Å². The first kappa shape index (κ1) is 20.0. The highest BCUT2D eigenvalue weighted by Gasteiger charge is 2.37. The molecule has 1 N–H and O–H groups in total. The average Bonchev–Trinajstić information content (AvgIpc) is 3.37. The topological polar surface area (TPSA) is 92.5 Å². The van der Waals surface area contributed by atoms with Crippen LogP contribution in [0.15, 0.2) is 23.1 Å². The summed E-state index contributed by atoms with van der Waals surface area (Å²) in [6.45, 7) is 1.42. The van der Waals surface area contributed by atoms with Crippen molar-refractivity contribution in [1.29, 1.82) is 0 Å². The van der Waals surface area contributed by atoms with Gasteiger partial charge in [0, 0.05) is 25.2 Å². The van der Waals surface area contributed by atoms with E-state index in [-0.39, 0.29) is 31.5 Å². The molecule has 3 rings (SSSR count). The highest BCUT2D eigenvalue weighted by molar-refractivity contribution is 7.89. The number of halogens is 2. The molecule has 0 amide bonds. The summed E-state index contributed by atoms with van der Waals surface area (Å²) in [6, 6.07) is 3.33. The smallest absolute Gasteiger partial charge is 0.292 e. The molecular formula is C15H21ClFN3O4S. The number of benzene rings is 1. The fourth-order valence-corrected chi connectivity index (χ4v) is 4.65. The Labute approximate surface area is 152 Å². The molecule has 1 aliphatic carbocycles. The van der Waals surface area contributed by atoms with Gasteiger partial charge in [0.05, 0.1) is 4.92 Å². The molecule has 1 saturated carbocycles. The van der Waals surface area contributed by atoms with Crippen LogP contribution in [0.2, 0.25) is 0 Å². The Bertz CT molecular complexity index is 734. The molecule has 0 bridgehead atoms. The van der Waals surface area contributed by atoms with E-state index in [9.17, 15) is 22.9 Å². The third-order valence-corrected chi connectivity index (χ3v) is 6.55. The fraction of sp³-hybridized carbons (Fsp3) is 0.600. The number of nitrogens with one attached hydrogen (secondary N) is 1. The minimum absolute atomic E-state index is 0. The zero-order valence-corrected chi connectivity index (χ0v) is 15.2. The van der Waals surface area contributed by atoms with E-state index >= 15 is 0 Å². The van der Waals surface area contributed by atoms with Crippen LogP contribution >= 0.6 is 12.4 Å². The molecule has 0 aromatic heterocycles. The van der Waals surface area contributed by atoms with Crippen molar-refractivity contribution >= 4 is 28.1 Å². The molecule has 25 heavy (non-hydrogen) atoms. The molecule has 1 aromatic rings. The molecule has 0 atom stereocenters. The molecule has 1 saturated heterocycles. The number of hydrogen-bond donors (Lipinski definition) is 1. The van der Waals surface area contributed by atoms with Gasteiger partial charge in [0.2, 0.25) is 0 Å². The Morgan fingerprint density at radius 1 is 1.24 bits per heavy atom. The number of sulfonamides is 1. The van der Waals surface area contributed by atoms with Crippen LogP contribution in [0.3, 0.4) is 0 Å². The molecule has 0 radical (unpaired) electrons. The Hall–Kier alpha value is -1.29.